The Labute approximate surface area is 111 Å². The smallest absolute Gasteiger partial charge is 0.321 e. The van der Waals surface area contributed by atoms with E-state index in [1.165, 1.54) is 4.90 Å². The Kier molecular flexibility index (Phi) is 3.73. The van der Waals surface area contributed by atoms with Crippen molar-refractivity contribution in [3.05, 3.63) is 12.4 Å². The fourth-order valence-electron chi connectivity index (χ4n) is 2.03. The molecule has 0 spiro atoms. The lowest BCUT2D eigenvalue weighted by Gasteiger charge is -2.15. The normalized spacial score (nSPS) is 18.9. The van der Waals surface area contributed by atoms with Crippen LogP contribution in [0.2, 0.25) is 0 Å². The van der Waals surface area contributed by atoms with Crippen molar-refractivity contribution >= 4 is 17.7 Å². The summed E-state index contributed by atoms with van der Waals surface area (Å²) in [6.07, 6.45) is 3.85. The first kappa shape index (κ1) is 13.4. The quantitative estimate of drug-likeness (QED) is 0.865. The van der Waals surface area contributed by atoms with Crippen molar-refractivity contribution in [1.29, 1.82) is 0 Å². The molecule has 2 amide bonds. The molecule has 1 atom stereocenters. The number of nitrogens with one attached hydrogen (secondary N) is 1. The Morgan fingerprint density at radius 1 is 1.53 bits per heavy atom. The van der Waals surface area contributed by atoms with Crippen LogP contribution in [0.4, 0.5) is 10.5 Å². The van der Waals surface area contributed by atoms with Crippen molar-refractivity contribution in [1.82, 2.24) is 14.7 Å². The zero-order valence-corrected chi connectivity index (χ0v) is 11.0. The molecule has 0 aliphatic carbocycles. The maximum absolute atomic E-state index is 11.9. The highest BCUT2D eigenvalue weighted by atomic mass is 16.4. The number of carboxylic acid groups (broad SMARTS) is 1. The summed E-state index contributed by atoms with van der Waals surface area (Å²) in [5, 5.41) is 15.8. The molecule has 104 valence electrons. The van der Waals surface area contributed by atoms with Crippen molar-refractivity contribution in [2.24, 2.45) is 5.92 Å². The van der Waals surface area contributed by atoms with Crippen molar-refractivity contribution in [2.75, 3.05) is 18.4 Å². The lowest BCUT2D eigenvalue weighted by atomic mass is 10.1. The molecule has 1 aromatic heterocycles. The van der Waals surface area contributed by atoms with Crippen LogP contribution in [-0.2, 0) is 4.79 Å². The molecule has 0 aromatic carbocycles. The molecule has 1 aliphatic heterocycles. The van der Waals surface area contributed by atoms with Crippen LogP contribution < -0.4 is 5.32 Å². The highest BCUT2D eigenvalue weighted by Crippen LogP contribution is 2.18. The molecule has 1 aromatic rings. The first-order chi connectivity index (χ1) is 8.97. The lowest BCUT2D eigenvalue weighted by molar-refractivity contribution is -0.141. The van der Waals surface area contributed by atoms with Gasteiger partial charge >= 0.3 is 12.0 Å². The number of nitrogens with zero attached hydrogens (tertiary/aromatic N) is 3. The number of anilines is 1. The molecule has 2 N–H and O–H groups in total. The number of aliphatic carboxylic acids is 1. The van der Waals surface area contributed by atoms with E-state index >= 15 is 0 Å². The summed E-state index contributed by atoms with van der Waals surface area (Å²) in [5.41, 5.74) is 0.623. The second kappa shape index (κ2) is 5.29. The summed E-state index contributed by atoms with van der Waals surface area (Å²) >= 11 is 0. The Balaban J connectivity index is 1.92. The van der Waals surface area contributed by atoms with Gasteiger partial charge in [-0.05, 0) is 20.3 Å². The predicted molar refractivity (Wildman–Crippen MR) is 68.9 cm³/mol. The molecule has 1 saturated heterocycles. The van der Waals surface area contributed by atoms with E-state index in [0.29, 0.717) is 18.7 Å². The van der Waals surface area contributed by atoms with Gasteiger partial charge in [0, 0.05) is 25.3 Å². The van der Waals surface area contributed by atoms with Gasteiger partial charge in [-0.3, -0.25) is 9.48 Å². The van der Waals surface area contributed by atoms with Crippen LogP contribution in [0, 0.1) is 5.92 Å². The van der Waals surface area contributed by atoms with Gasteiger partial charge in [0.2, 0.25) is 0 Å². The van der Waals surface area contributed by atoms with Crippen LogP contribution in [0.15, 0.2) is 12.4 Å². The number of carbonyl (C=O) groups excluding carboxylic acids is 1. The third-order valence-corrected chi connectivity index (χ3v) is 3.21. The van der Waals surface area contributed by atoms with Gasteiger partial charge in [0.25, 0.3) is 0 Å². The number of rotatable bonds is 3. The van der Waals surface area contributed by atoms with Gasteiger partial charge in [0.05, 0.1) is 17.8 Å². The second-order valence-corrected chi connectivity index (χ2v) is 5.00. The van der Waals surface area contributed by atoms with Crippen molar-refractivity contribution in [3.8, 4) is 0 Å². The zero-order chi connectivity index (χ0) is 14.0. The molecule has 1 aliphatic rings. The number of urea groups is 1. The van der Waals surface area contributed by atoms with Crippen LogP contribution in [-0.4, -0.2) is 44.9 Å². The van der Waals surface area contributed by atoms with Crippen LogP contribution in [0.3, 0.4) is 0 Å². The minimum atomic E-state index is -0.845. The van der Waals surface area contributed by atoms with Crippen molar-refractivity contribution in [3.63, 3.8) is 0 Å². The third kappa shape index (κ3) is 3.04. The molecule has 0 radical (unpaired) electrons. The van der Waals surface area contributed by atoms with Gasteiger partial charge in [-0.1, -0.05) is 0 Å². The van der Waals surface area contributed by atoms with Gasteiger partial charge in [-0.25, -0.2) is 4.79 Å². The molecule has 7 heteroatoms. The first-order valence-corrected chi connectivity index (χ1v) is 6.30. The monoisotopic (exact) mass is 266 g/mol. The van der Waals surface area contributed by atoms with Crippen LogP contribution >= 0.6 is 0 Å². The van der Waals surface area contributed by atoms with E-state index in [1.54, 1.807) is 17.1 Å². The average Bonchev–Trinajstić information content (AvgIpc) is 2.96. The average molecular weight is 266 g/mol. The van der Waals surface area contributed by atoms with E-state index in [9.17, 15) is 9.59 Å². The highest BCUT2D eigenvalue weighted by Gasteiger charge is 2.30. The second-order valence-electron chi connectivity index (χ2n) is 5.00. The Morgan fingerprint density at radius 2 is 2.26 bits per heavy atom. The minimum absolute atomic E-state index is 0.230. The zero-order valence-electron chi connectivity index (χ0n) is 11.0. The number of carboxylic acids is 1. The Bertz CT molecular complexity index is 483. The Morgan fingerprint density at radius 3 is 2.79 bits per heavy atom. The van der Waals surface area contributed by atoms with E-state index in [2.05, 4.69) is 10.4 Å². The van der Waals surface area contributed by atoms with Gasteiger partial charge in [-0.15, -0.1) is 0 Å². The molecule has 0 saturated carbocycles. The molecular weight excluding hydrogens is 248 g/mol. The molecule has 2 rings (SSSR count). The number of hydrogen-bond donors (Lipinski definition) is 2. The molecule has 1 unspecified atom stereocenters. The van der Waals surface area contributed by atoms with Gasteiger partial charge in [0.15, 0.2) is 0 Å². The first-order valence-electron chi connectivity index (χ1n) is 6.30. The SMILES string of the molecule is CC(C)n1cc(NC(=O)N2CCC(C(=O)O)C2)cn1. The van der Waals surface area contributed by atoms with E-state index in [0.717, 1.165) is 0 Å². The van der Waals surface area contributed by atoms with Gasteiger partial charge in [-0.2, -0.15) is 5.10 Å². The summed E-state index contributed by atoms with van der Waals surface area (Å²) in [6.45, 7) is 4.73. The maximum Gasteiger partial charge on any atom is 0.321 e. The van der Waals surface area contributed by atoms with Crippen LogP contribution in [0.25, 0.3) is 0 Å². The summed E-state index contributed by atoms with van der Waals surface area (Å²) in [6, 6.07) is -0.0408. The van der Waals surface area contributed by atoms with E-state index < -0.39 is 11.9 Å². The highest BCUT2D eigenvalue weighted by molar-refractivity contribution is 5.89. The number of aromatic nitrogens is 2. The number of amides is 2. The molecule has 19 heavy (non-hydrogen) atoms. The standard InChI is InChI=1S/C12H18N4O3/c1-8(2)16-7-10(5-13-16)14-12(19)15-4-3-9(6-15)11(17)18/h5,7-9H,3-4,6H2,1-2H3,(H,14,19)(H,17,18). The maximum atomic E-state index is 11.9. The lowest BCUT2D eigenvalue weighted by Crippen LogP contribution is -2.33. The van der Waals surface area contributed by atoms with Crippen LogP contribution in [0.5, 0.6) is 0 Å². The van der Waals surface area contributed by atoms with E-state index in [-0.39, 0.29) is 18.6 Å². The van der Waals surface area contributed by atoms with Crippen molar-refractivity contribution < 1.29 is 14.7 Å². The number of likely N-dealkylation sites (tertiary alicyclic amines) is 1. The van der Waals surface area contributed by atoms with Crippen LogP contribution in [0.1, 0.15) is 26.3 Å². The molecular formula is C12H18N4O3. The molecule has 0 bridgehead atoms. The summed E-state index contributed by atoms with van der Waals surface area (Å²) in [5.74, 6) is -1.30. The van der Waals surface area contributed by atoms with E-state index in [4.69, 9.17) is 5.11 Å². The topological polar surface area (TPSA) is 87.5 Å². The van der Waals surface area contributed by atoms with Crippen molar-refractivity contribution in [2.45, 2.75) is 26.3 Å². The number of hydrogen-bond acceptors (Lipinski definition) is 3. The molecule has 2 heterocycles. The third-order valence-electron chi connectivity index (χ3n) is 3.21. The summed E-state index contributed by atoms with van der Waals surface area (Å²) in [7, 11) is 0. The molecule has 7 nitrogen and oxygen atoms in total. The minimum Gasteiger partial charge on any atom is -0.481 e. The largest absolute Gasteiger partial charge is 0.481 e. The fraction of sp³-hybridized carbons (Fsp3) is 0.583. The Hall–Kier alpha value is -2.05. The van der Waals surface area contributed by atoms with Gasteiger partial charge < -0.3 is 15.3 Å². The summed E-state index contributed by atoms with van der Waals surface area (Å²) in [4.78, 5) is 24.3. The summed E-state index contributed by atoms with van der Waals surface area (Å²) < 4.78 is 1.75. The fourth-order valence-corrected chi connectivity index (χ4v) is 2.03. The predicted octanol–water partition coefficient (Wildman–Crippen LogP) is 1.40. The van der Waals surface area contributed by atoms with Gasteiger partial charge in [0.1, 0.15) is 0 Å². The van der Waals surface area contributed by atoms with E-state index in [1.807, 2.05) is 13.8 Å². The number of carbonyl (C=O) groups is 2. The molecule has 1 fully saturated rings.